The molecular formula is C12H18N2O3S. The SMILES string of the molecule is CC1CCCCC1NS(=O)(=O)c1c[nH]ccc1=O. The lowest BCUT2D eigenvalue weighted by atomic mass is 9.87. The zero-order valence-electron chi connectivity index (χ0n) is 10.3. The Bertz CT molecular complexity index is 565. The van der Waals surface area contributed by atoms with Gasteiger partial charge in [0.1, 0.15) is 4.90 Å². The molecule has 0 radical (unpaired) electrons. The van der Waals surface area contributed by atoms with E-state index in [1.807, 2.05) is 6.92 Å². The molecule has 5 nitrogen and oxygen atoms in total. The Morgan fingerprint density at radius 3 is 2.72 bits per heavy atom. The van der Waals surface area contributed by atoms with Gasteiger partial charge < -0.3 is 4.98 Å². The summed E-state index contributed by atoms with van der Waals surface area (Å²) in [7, 11) is -3.72. The molecule has 2 unspecified atom stereocenters. The quantitative estimate of drug-likeness (QED) is 0.867. The van der Waals surface area contributed by atoms with Crippen LogP contribution in [0.3, 0.4) is 0 Å². The van der Waals surface area contributed by atoms with Gasteiger partial charge >= 0.3 is 0 Å². The van der Waals surface area contributed by atoms with Crippen LogP contribution in [0.5, 0.6) is 0 Å². The van der Waals surface area contributed by atoms with Crippen LogP contribution < -0.4 is 10.2 Å². The lowest BCUT2D eigenvalue weighted by molar-refractivity contribution is 0.310. The Kier molecular flexibility index (Phi) is 3.87. The Labute approximate surface area is 107 Å². The van der Waals surface area contributed by atoms with Crippen molar-refractivity contribution in [3.63, 3.8) is 0 Å². The average Bonchev–Trinajstić information content (AvgIpc) is 2.32. The first-order chi connectivity index (χ1) is 8.50. The summed E-state index contributed by atoms with van der Waals surface area (Å²) in [5.74, 6) is 0.316. The van der Waals surface area contributed by atoms with E-state index in [1.165, 1.54) is 18.5 Å². The molecule has 0 bridgehead atoms. The molecule has 18 heavy (non-hydrogen) atoms. The van der Waals surface area contributed by atoms with Crippen molar-refractivity contribution in [1.29, 1.82) is 0 Å². The van der Waals surface area contributed by atoms with Crippen molar-refractivity contribution in [2.24, 2.45) is 5.92 Å². The topological polar surface area (TPSA) is 79.0 Å². The molecular weight excluding hydrogens is 252 g/mol. The Morgan fingerprint density at radius 1 is 1.33 bits per heavy atom. The number of H-pyrrole nitrogens is 1. The van der Waals surface area contributed by atoms with Gasteiger partial charge in [-0.05, 0) is 18.8 Å². The minimum atomic E-state index is -3.72. The summed E-state index contributed by atoms with van der Waals surface area (Å²) in [6.45, 7) is 2.04. The van der Waals surface area contributed by atoms with E-state index in [4.69, 9.17) is 0 Å². The van der Waals surface area contributed by atoms with Crippen LogP contribution in [0.4, 0.5) is 0 Å². The van der Waals surface area contributed by atoms with Crippen LogP contribution in [0.2, 0.25) is 0 Å². The third kappa shape index (κ3) is 2.81. The van der Waals surface area contributed by atoms with Crippen LogP contribution in [-0.2, 0) is 10.0 Å². The summed E-state index contributed by atoms with van der Waals surface area (Å²) < 4.78 is 26.9. The van der Waals surface area contributed by atoms with E-state index in [-0.39, 0.29) is 10.9 Å². The molecule has 0 spiro atoms. The Hall–Kier alpha value is -1.14. The minimum Gasteiger partial charge on any atom is -0.366 e. The minimum absolute atomic E-state index is 0.0663. The highest BCUT2D eigenvalue weighted by Crippen LogP contribution is 2.24. The second kappa shape index (κ2) is 5.24. The number of aromatic amines is 1. The highest BCUT2D eigenvalue weighted by atomic mass is 32.2. The van der Waals surface area contributed by atoms with Crippen LogP contribution in [0.1, 0.15) is 32.6 Å². The molecule has 1 aromatic rings. The largest absolute Gasteiger partial charge is 0.366 e. The van der Waals surface area contributed by atoms with E-state index in [0.29, 0.717) is 5.92 Å². The zero-order chi connectivity index (χ0) is 13.2. The lowest BCUT2D eigenvalue weighted by Crippen LogP contribution is -2.42. The summed E-state index contributed by atoms with van der Waals surface area (Å²) >= 11 is 0. The van der Waals surface area contributed by atoms with Crippen LogP contribution >= 0.6 is 0 Å². The molecule has 100 valence electrons. The molecule has 1 aliphatic carbocycles. The van der Waals surface area contributed by atoms with E-state index in [1.54, 1.807) is 0 Å². The maximum absolute atomic E-state index is 12.1. The Balaban J connectivity index is 2.22. The van der Waals surface area contributed by atoms with Gasteiger partial charge in [0.25, 0.3) is 0 Å². The summed E-state index contributed by atoms with van der Waals surface area (Å²) in [5.41, 5.74) is -0.482. The first-order valence-corrected chi connectivity index (χ1v) is 7.68. The maximum atomic E-state index is 12.1. The van der Waals surface area contributed by atoms with E-state index in [0.717, 1.165) is 25.7 Å². The highest BCUT2D eigenvalue weighted by Gasteiger charge is 2.27. The van der Waals surface area contributed by atoms with Crippen LogP contribution in [-0.4, -0.2) is 19.4 Å². The average molecular weight is 270 g/mol. The van der Waals surface area contributed by atoms with Gasteiger partial charge in [-0.15, -0.1) is 0 Å². The molecule has 0 aromatic carbocycles. The monoisotopic (exact) mass is 270 g/mol. The van der Waals surface area contributed by atoms with Crippen molar-refractivity contribution in [3.8, 4) is 0 Å². The number of rotatable bonds is 3. The Morgan fingerprint density at radius 2 is 2.06 bits per heavy atom. The molecule has 1 aliphatic rings. The highest BCUT2D eigenvalue weighted by molar-refractivity contribution is 7.89. The number of aromatic nitrogens is 1. The van der Waals surface area contributed by atoms with Gasteiger partial charge in [0, 0.05) is 24.5 Å². The zero-order valence-corrected chi connectivity index (χ0v) is 11.2. The number of nitrogens with one attached hydrogen (secondary N) is 2. The van der Waals surface area contributed by atoms with Crippen LogP contribution in [0.25, 0.3) is 0 Å². The van der Waals surface area contributed by atoms with Gasteiger partial charge in [0.15, 0.2) is 0 Å². The van der Waals surface area contributed by atoms with Gasteiger partial charge in [0.2, 0.25) is 15.5 Å². The van der Waals surface area contributed by atoms with Crippen molar-refractivity contribution in [1.82, 2.24) is 9.71 Å². The third-order valence-corrected chi connectivity index (χ3v) is 5.01. The predicted octanol–water partition coefficient (Wildman–Crippen LogP) is 1.23. The van der Waals surface area contributed by atoms with Gasteiger partial charge in [0.05, 0.1) is 0 Å². The molecule has 2 atom stereocenters. The molecule has 2 N–H and O–H groups in total. The standard InChI is InChI=1S/C12H18N2O3S/c1-9-4-2-3-5-10(9)14-18(16,17)12-8-13-7-6-11(12)15/h6-10,14H,2-5H2,1H3,(H,13,15). The normalized spacial score (nSPS) is 24.9. The van der Waals surface area contributed by atoms with E-state index >= 15 is 0 Å². The van der Waals surface area contributed by atoms with Crippen LogP contribution in [0.15, 0.2) is 28.2 Å². The number of hydrogen-bond donors (Lipinski definition) is 2. The fourth-order valence-corrected chi connectivity index (χ4v) is 3.80. The van der Waals surface area contributed by atoms with Crippen molar-refractivity contribution in [2.75, 3.05) is 0 Å². The summed E-state index contributed by atoms with van der Waals surface area (Å²) in [6, 6.07) is 1.15. The molecule has 0 aliphatic heterocycles. The first-order valence-electron chi connectivity index (χ1n) is 6.20. The first kappa shape index (κ1) is 13.3. The molecule has 0 saturated heterocycles. The second-order valence-electron chi connectivity index (χ2n) is 4.86. The summed E-state index contributed by atoms with van der Waals surface area (Å²) in [5, 5.41) is 0. The molecule has 6 heteroatoms. The lowest BCUT2D eigenvalue weighted by Gasteiger charge is -2.29. The molecule has 1 fully saturated rings. The molecule has 2 rings (SSSR count). The fraction of sp³-hybridized carbons (Fsp3) is 0.583. The van der Waals surface area contributed by atoms with Crippen LogP contribution in [0, 0.1) is 5.92 Å². The number of sulfonamides is 1. The molecule has 1 saturated carbocycles. The molecule has 1 aromatic heterocycles. The summed E-state index contributed by atoms with van der Waals surface area (Å²) in [6.07, 6.45) is 6.69. The van der Waals surface area contributed by atoms with E-state index < -0.39 is 15.5 Å². The fourth-order valence-electron chi connectivity index (χ4n) is 2.36. The molecule has 1 heterocycles. The van der Waals surface area contributed by atoms with Gasteiger partial charge in [-0.3, -0.25) is 4.79 Å². The van der Waals surface area contributed by atoms with Gasteiger partial charge in [-0.1, -0.05) is 19.8 Å². The van der Waals surface area contributed by atoms with Crippen molar-refractivity contribution in [2.45, 2.75) is 43.5 Å². The maximum Gasteiger partial charge on any atom is 0.246 e. The predicted molar refractivity (Wildman–Crippen MR) is 68.8 cm³/mol. The van der Waals surface area contributed by atoms with Gasteiger partial charge in [-0.2, -0.15) is 0 Å². The third-order valence-electron chi connectivity index (χ3n) is 3.50. The number of pyridine rings is 1. The second-order valence-corrected chi connectivity index (χ2v) is 6.54. The molecule has 0 amide bonds. The van der Waals surface area contributed by atoms with Gasteiger partial charge in [-0.25, -0.2) is 13.1 Å². The number of hydrogen-bond acceptors (Lipinski definition) is 3. The smallest absolute Gasteiger partial charge is 0.246 e. The van der Waals surface area contributed by atoms with E-state index in [9.17, 15) is 13.2 Å². The van der Waals surface area contributed by atoms with Crippen molar-refractivity contribution in [3.05, 3.63) is 28.7 Å². The van der Waals surface area contributed by atoms with Crippen molar-refractivity contribution >= 4 is 10.0 Å². The summed E-state index contributed by atoms with van der Waals surface area (Å²) in [4.78, 5) is 14.0. The van der Waals surface area contributed by atoms with E-state index in [2.05, 4.69) is 9.71 Å². The van der Waals surface area contributed by atoms with Crippen molar-refractivity contribution < 1.29 is 8.42 Å².